The fourth-order valence-corrected chi connectivity index (χ4v) is 3.11. The van der Waals surface area contributed by atoms with Crippen LogP contribution < -0.4 is 5.69 Å². The fourth-order valence-electron chi connectivity index (χ4n) is 2.40. The SMILES string of the molecule is Cc1cc(-n2c(C)cn(CCCc3ccsc3)c2=O)no1. The maximum atomic E-state index is 12.4. The first-order valence-corrected chi connectivity index (χ1v) is 7.83. The highest BCUT2D eigenvalue weighted by Gasteiger charge is 2.12. The third-order valence-corrected chi connectivity index (χ3v) is 4.15. The number of nitrogens with zero attached hydrogens (tertiary/aromatic N) is 3. The first kappa shape index (κ1) is 13.9. The molecule has 0 spiro atoms. The second-order valence-electron chi connectivity index (χ2n) is 5.11. The molecule has 6 heteroatoms. The Morgan fingerprint density at radius 3 is 2.90 bits per heavy atom. The smallest absolute Gasteiger partial charge is 0.334 e. The van der Waals surface area contributed by atoms with Crippen molar-refractivity contribution >= 4 is 11.3 Å². The standard InChI is InChI=1S/C15H17N3O2S/c1-11-9-17(6-3-4-13-5-7-21-10-13)15(19)18(11)14-8-12(2)20-16-14/h5,7-10H,3-4,6H2,1-2H3. The van der Waals surface area contributed by atoms with Crippen molar-refractivity contribution in [3.05, 3.63) is 56.6 Å². The number of hydrogen-bond donors (Lipinski definition) is 0. The van der Waals surface area contributed by atoms with Gasteiger partial charge in [0.05, 0.1) is 0 Å². The Kier molecular flexibility index (Phi) is 3.79. The molecular weight excluding hydrogens is 286 g/mol. The van der Waals surface area contributed by atoms with Crippen molar-refractivity contribution in [1.29, 1.82) is 0 Å². The van der Waals surface area contributed by atoms with Gasteiger partial charge in [-0.15, -0.1) is 0 Å². The molecule has 0 bridgehead atoms. The van der Waals surface area contributed by atoms with Crippen LogP contribution in [0, 0.1) is 13.8 Å². The third-order valence-electron chi connectivity index (χ3n) is 3.42. The summed E-state index contributed by atoms with van der Waals surface area (Å²) in [6, 6.07) is 3.89. The van der Waals surface area contributed by atoms with E-state index in [-0.39, 0.29) is 5.69 Å². The van der Waals surface area contributed by atoms with E-state index < -0.39 is 0 Å². The molecule has 3 aromatic heterocycles. The molecule has 0 aliphatic carbocycles. The Morgan fingerprint density at radius 2 is 2.24 bits per heavy atom. The van der Waals surface area contributed by atoms with Crippen molar-refractivity contribution in [1.82, 2.24) is 14.3 Å². The van der Waals surface area contributed by atoms with Crippen LogP contribution in [0.4, 0.5) is 0 Å². The van der Waals surface area contributed by atoms with Gasteiger partial charge in [0.1, 0.15) is 5.76 Å². The Morgan fingerprint density at radius 1 is 1.38 bits per heavy atom. The second kappa shape index (κ2) is 5.73. The molecule has 0 fully saturated rings. The van der Waals surface area contributed by atoms with Crippen LogP contribution in [0.3, 0.4) is 0 Å². The molecule has 0 aliphatic heterocycles. The first-order valence-electron chi connectivity index (χ1n) is 6.88. The van der Waals surface area contributed by atoms with Gasteiger partial charge in [-0.05, 0) is 49.1 Å². The molecule has 3 heterocycles. The van der Waals surface area contributed by atoms with E-state index in [4.69, 9.17) is 4.52 Å². The van der Waals surface area contributed by atoms with E-state index in [9.17, 15) is 4.79 Å². The first-order chi connectivity index (χ1) is 10.1. The molecule has 0 aromatic carbocycles. The molecule has 0 saturated carbocycles. The summed E-state index contributed by atoms with van der Waals surface area (Å²) in [6.45, 7) is 4.43. The molecular formula is C15H17N3O2S. The lowest BCUT2D eigenvalue weighted by Crippen LogP contribution is -2.24. The molecule has 5 nitrogen and oxygen atoms in total. The zero-order chi connectivity index (χ0) is 14.8. The molecule has 0 unspecified atom stereocenters. The molecule has 0 saturated heterocycles. The van der Waals surface area contributed by atoms with Crippen molar-refractivity contribution in [2.45, 2.75) is 33.2 Å². The molecule has 0 radical (unpaired) electrons. The summed E-state index contributed by atoms with van der Waals surface area (Å²) in [5, 5.41) is 8.15. The molecule has 21 heavy (non-hydrogen) atoms. The normalized spacial score (nSPS) is 11.1. The van der Waals surface area contributed by atoms with Crippen molar-refractivity contribution in [2.75, 3.05) is 0 Å². The minimum Gasteiger partial charge on any atom is -0.360 e. The van der Waals surface area contributed by atoms with Crippen molar-refractivity contribution in [2.24, 2.45) is 0 Å². The van der Waals surface area contributed by atoms with Gasteiger partial charge in [-0.1, -0.05) is 5.16 Å². The number of aryl methyl sites for hydroxylation is 4. The topological polar surface area (TPSA) is 53.0 Å². The van der Waals surface area contributed by atoms with Gasteiger partial charge in [-0.3, -0.25) is 4.57 Å². The minimum absolute atomic E-state index is 0.0638. The van der Waals surface area contributed by atoms with Crippen LogP contribution >= 0.6 is 11.3 Å². The third kappa shape index (κ3) is 2.85. The van der Waals surface area contributed by atoms with Gasteiger partial charge in [0.15, 0.2) is 5.82 Å². The van der Waals surface area contributed by atoms with Gasteiger partial charge in [0.25, 0.3) is 0 Å². The Balaban J connectivity index is 1.76. The van der Waals surface area contributed by atoms with Gasteiger partial charge in [0.2, 0.25) is 0 Å². The number of imidazole rings is 1. The van der Waals surface area contributed by atoms with E-state index >= 15 is 0 Å². The molecule has 0 aliphatic rings. The van der Waals surface area contributed by atoms with Crippen LogP contribution in [-0.4, -0.2) is 14.3 Å². The Labute approximate surface area is 126 Å². The maximum absolute atomic E-state index is 12.4. The largest absolute Gasteiger partial charge is 0.360 e. The fraction of sp³-hybridized carbons (Fsp3) is 0.333. The van der Waals surface area contributed by atoms with E-state index in [1.807, 2.05) is 20.0 Å². The van der Waals surface area contributed by atoms with Gasteiger partial charge >= 0.3 is 5.69 Å². The molecule has 110 valence electrons. The average Bonchev–Trinajstić information content (AvgIpc) is 3.14. The quantitative estimate of drug-likeness (QED) is 0.728. The summed E-state index contributed by atoms with van der Waals surface area (Å²) in [5.41, 5.74) is 2.13. The average molecular weight is 303 g/mol. The summed E-state index contributed by atoms with van der Waals surface area (Å²) in [7, 11) is 0. The monoisotopic (exact) mass is 303 g/mol. The summed E-state index contributed by atoms with van der Waals surface area (Å²) in [6.07, 6.45) is 3.81. The Bertz CT molecular complexity index is 780. The summed E-state index contributed by atoms with van der Waals surface area (Å²) < 4.78 is 8.38. The minimum atomic E-state index is -0.0638. The van der Waals surface area contributed by atoms with E-state index in [1.54, 1.807) is 26.5 Å². The van der Waals surface area contributed by atoms with E-state index in [0.717, 1.165) is 18.5 Å². The van der Waals surface area contributed by atoms with Crippen LogP contribution in [0.25, 0.3) is 5.82 Å². The van der Waals surface area contributed by atoms with Crippen molar-refractivity contribution < 1.29 is 4.52 Å². The summed E-state index contributed by atoms with van der Waals surface area (Å²) in [5.74, 6) is 1.24. The van der Waals surface area contributed by atoms with E-state index in [1.165, 1.54) is 5.56 Å². The van der Waals surface area contributed by atoms with Gasteiger partial charge in [-0.25, -0.2) is 9.36 Å². The van der Waals surface area contributed by atoms with Crippen LogP contribution in [0.15, 0.2) is 38.4 Å². The molecule has 3 aromatic rings. The molecule has 0 amide bonds. The zero-order valence-electron chi connectivity index (χ0n) is 12.1. The maximum Gasteiger partial charge on any atom is 0.334 e. The van der Waals surface area contributed by atoms with Gasteiger partial charge < -0.3 is 4.52 Å². The van der Waals surface area contributed by atoms with E-state index in [0.29, 0.717) is 18.1 Å². The molecule has 3 rings (SSSR count). The Hall–Kier alpha value is -2.08. The number of hydrogen-bond acceptors (Lipinski definition) is 4. The summed E-state index contributed by atoms with van der Waals surface area (Å²) >= 11 is 1.70. The zero-order valence-corrected chi connectivity index (χ0v) is 12.9. The van der Waals surface area contributed by atoms with Crippen LogP contribution in [-0.2, 0) is 13.0 Å². The van der Waals surface area contributed by atoms with Crippen LogP contribution in [0.2, 0.25) is 0 Å². The number of thiophene rings is 1. The van der Waals surface area contributed by atoms with Crippen LogP contribution in [0.1, 0.15) is 23.4 Å². The predicted molar refractivity (Wildman–Crippen MR) is 82.2 cm³/mol. The predicted octanol–water partition coefficient (Wildman–Crippen LogP) is 2.94. The number of aromatic nitrogens is 3. The van der Waals surface area contributed by atoms with Gasteiger partial charge in [0, 0.05) is 24.5 Å². The van der Waals surface area contributed by atoms with Crippen molar-refractivity contribution in [3.8, 4) is 5.82 Å². The highest BCUT2D eigenvalue weighted by atomic mass is 32.1. The highest BCUT2D eigenvalue weighted by Crippen LogP contribution is 2.11. The lowest BCUT2D eigenvalue weighted by molar-refractivity contribution is 0.394. The van der Waals surface area contributed by atoms with Gasteiger partial charge in [-0.2, -0.15) is 11.3 Å². The second-order valence-corrected chi connectivity index (χ2v) is 5.89. The highest BCUT2D eigenvalue weighted by molar-refractivity contribution is 7.07. The number of rotatable bonds is 5. The van der Waals surface area contributed by atoms with Crippen molar-refractivity contribution in [3.63, 3.8) is 0 Å². The lowest BCUT2D eigenvalue weighted by atomic mass is 10.2. The lowest BCUT2D eigenvalue weighted by Gasteiger charge is -2.00. The molecule has 0 N–H and O–H groups in total. The molecule has 0 atom stereocenters. The summed E-state index contributed by atoms with van der Waals surface area (Å²) in [4.78, 5) is 12.4. The van der Waals surface area contributed by atoms with E-state index in [2.05, 4.69) is 22.0 Å². The van der Waals surface area contributed by atoms with Crippen LogP contribution in [0.5, 0.6) is 0 Å².